The maximum atomic E-state index is 13.3. The molecular formula is C26H32Cl2N2O3. The highest BCUT2D eigenvalue weighted by atomic mass is 35.5. The number of rotatable bonds is 8. The lowest BCUT2D eigenvalue weighted by molar-refractivity contribution is -0.142. The van der Waals surface area contributed by atoms with E-state index in [1.165, 1.54) is 6.42 Å². The Morgan fingerprint density at radius 1 is 1.06 bits per heavy atom. The van der Waals surface area contributed by atoms with Gasteiger partial charge in [0, 0.05) is 12.6 Å². The lowest BCUT2D eigenvalue weighted by Crippen LogP contribution is -2.51. The quantitative estimate of drug-likeness (QED) is 0.504. The average Bonchev–Trinajstić information content (AvgIpc) is 2.80. The predicted molar refractivity (Wildman–Crippen MR) is 133 cm³/mol. The van der Waals surface area contributed by atoms with Crippen LogP contribution in [0.2, 0.25) is 10.0 Å². The third-order valence-corrected chi connectivity index (χ3v) is 6.89. The molecule has 0 bridgehead atoms. The first-order chi connectivity index (χ1) is 15.7. The van der Waals surface area contributed by atoms with E-state index in [1.807, 2.05) is 38.1 Å². The topological polar surface area (TPSA) is 58.6 Å². The van der Waals surface area contributed by atoms with Gasteiger partial charge in [0.25, 0.3) is 5.91 Å². The van der Waals surface area contributed by atoms with Crippen molar-refractivity contribution < 1.29 is 14.3 Å². The van der Waals surface area contributed by atoms with Gasteiger partial charge < -0.3 is 15.0 Å². The summed E-state index contributed by atoms with van der Waals surface area (Å²) in [7, 11) is 0. The summed E-state index contributed by atoms with van der Waals surface area (Å²) in [4.78, 5) is 27.9. The van der Waals surface area contributed by atoms with Gasteiger partial charge in [0.15, 0.2) is 6.61 Å². The van der Waals surface area contributed by atoms with Crippen molar-refractivity contribution in [2.75, 3.05) is 6.61 Å². The molecular weight excluding hydrogens is 459 g/mol. The van der Waals surface area contributed by atoms with Crippen molar-refractivity contribution in [2.24, 2.45) is 0 Å². The molecule has 1 saturated carbocycles. The molecule has 0 aliphatic heterocycles. The number of aryl methyl sites for hydroxylation is 2. The fourth-order valence-corrected chi connectivity index (χ4v) is 4.39. The number of carbonyl (C=O) groups is 2. The van der Waals surface area contributed by atoms with Gasteiger partial charge >= 0.3 is 0 Å². The van der Waals surface area contributed by atoms with Crippen LogP contribution < -0.4 is 10.1 Å². The zero-order valence-corrected chi connectivity index (χ0v) is 21.0. The van der Waals surface area contributed by atoms with Gasteiger partial charge in [0.05, 0.1) is 10.0 Å². The van der Waals surface area contributed by atoms with Crippen molar-refractivity contribution in [1.82, 2.24) is 10.2 Å². The van der Waals surface area contributed by atoms with Crippen LogP contribution in [0.25, 0.3) is 0 Å². The van der Waals surface area contributed by atoms with E-state index in [2.05, 4.69) is 5.32 Å². The van der Waals surface area contributed by atoms with Crippen molar-refractivity contribution in [3.05, 3.63) is 63.1 Å². The van der Waals surface area contributed by atoms with E-state index in [9.17, 15) is 9.59 Å². The Balaban J connectivity index is 1.75. The highest BCUT2D eigenvalue weighted by Gasteiger charge is 2.28. The molecule has 0 saturated heterocycles. The van der Waals surface area contributed by atoms with Crippen molar-refractivity contribution in [3.8, 4) is 5.75 Å². The van der Waals surface area contributed by atoms with E-state index >= 15 is 0 Å². The van der Waals surface area contributed by atoms with Crippen LogP contribution in [0.15, 0.2) is 36.4 Å². The number of hydrogen-bond acceptors (Lipinski definition) is 3. The van der Waals surface area contributed by atoms with Crippen LogP contribution in [0.4, 0.5) is 0 Å². The van der Waals surface area contributed by atoms with E-state index in [-0.39, 0.29) is 31.0 Å². The van der Waals surface area contributed by atoms with Gasteiger partial charge in [-0.25, -0.2) is 0 Å². The number of nitrogens with zero attached hydrogens (tertiary/aromatic N) is 1. The number of benzene rings is 2. The molecule has 2 amide bonds. The zero-order valence-electron chi connectivity index (χ0n) is 19.5. The first-order valence-electron chi connectivity index (χ1n) is 11.5. The molecule has 1 atom stereocenters. The van der Waals surface area contributed by atoms with E-state index in [1.54, 1.807) is 24.0 Å². The van der Waals surface area contributed by atoms with Crippen molar-refractivity contribution >= 4 is 35.0 Å². The van der Waals surface area contributed by atoms with Gasteiger partial charge in [-0.2, -0.15) is 0 Å². The lowest BCUT2D eigenvalue weighted by Gasteiger charge is -2.31. The molecule has 2 aromatic carbocycles. The van der Waals surface area contributed by atoms with Crippen molar-refractivity contribution in [3.63, 3.8) is 0 Å². The number of amides is 2. The first kappa shape index (κ1) is 25.4. The van der Waals surface area contributed by atoms with E-state index in [4.69, 9.17) is 27.9 Å². The third kappa shape index (κ3) is 7.12. The Bertz CT molecular complexity index is 989. The summed E-state index contributed by atoms with van der Waals surface area (Å²) in [6, 6.07) is 10.6. The fraction of sp³-hybridized carbons (Fsp3) is 0.462. The molecule has 0 heterocycles. The summed E-state index contributed by atoms with van der Waals surface area (Å²) in [5, 5.41) is 3.98. The molecule has 1 unspecified atom stereocenters. The summed E-state index contributed by atoms with van der Waals surface area (Å²) in [6.07, 6.45) is 5.41. The maximum Gasteiger partial charge on any atom is 0.261 e. The van der Waals surface area contributed by atoms with E-state index < -0.39 is 6.04 Å². The Labute approximate surface area is 206 Å². The minimum Gasteiger partial charge on any atom is -0.483 e. The van der Waals surface area contributed by atoms with Crippen LogP contribution in [-0.2, 0) is 16.1 Å². The molecule has 1 N–H and O–H groups in total. The highest BCUT2D eigenvalue weighted by molar-refractivity contribution is 6.42. The van der Waals surface area contributed by atoms with Crippen LogP contribution >= 0.6 is 23.2 Å². The van der Waals surface area contributed by atoms with Crippen molar-refractivity contribution in [2.45, 2.75) is 71.5 Å². The second-order valence-corrected chi connectivity index (χ2v) is 9.66. The molecule has 178 valence electrons. The Kier molecular flexibility index (Phi) is 9.04. The molecule has 1 fully saturated rings. The molecule has 7 heteroatoms. The maximum absolute atomic E-state index is 13.3. The van der Waals surface area contributed by atoms with Gasteiger partial charge in [0.2, 0.25) is 5.91 Å². The predicted octanol–water partition coefficient (Wildman–Crippen LogP) is 5.86. The molecule has 1 aliphatic rings. The molecule has 5 nitrogen and oxygen atoms in total. The number of halogens is 2. The molecule has 0 spiro atoms. The van der Waals surface area contributed by atoms with Gasteiger partial charge in [-0.3, -0.25) is 9.59 Å². The Morgan fingerprint density at radius 3 is 2.48 bits per heavy atom. The first-order valence-corrected chi connectivity index (χ1v) is 12.2. The summed E-state index contributed by atoms with van der Waals surface area (Å²) in [5.41, 5.74) is 2.80. The molecule has 0 radical (unpaired) electrons. The van der Waals surface area contributed by atoms with Crippen LogP contribution in [0.3, 0.4) is 0 Å². The second-order valence-electron chi connectivity index (χ2n) is 8.85. The zero-order chi connectivity index (χ0) is 24.0. The minimum atomic E-state index is -0.656. The third-order valence-electron chi connectivity index (χ3n) is 6.15. The Morgan fingerprint density at radius 2 is 1.79 bits per heavy atom. The average molecular weight is 491 g/mol. The van der Waals surface area contributed by atoms with Gasteiger partial charge in [-0.15, -0.1) is 0 Å². The highest BCUT2D eigenvalue weighted by Crippen LogP contribution is 2.24. The van der Waals surface area contributed by atoms with Gasteiger partial charge in [-0.1, -0.05) is 60.7 Å². The SMILES string of the molecule is Cc1ccc(C)c(OCC(=O)N(Cc2ccc(Cl)c(Cl)c2)C(C)C(=O)NC2CCCCC2)c1. The molecule has 2 aromatic rings. The number of carbonyl (C=O) groups excluding carboxylic acids is 2. The molecule has 3 rings (SSSR count). The minimum absolute atomic E-state index is 0.151. The second kappa shape index (κ2) is 11.8. The standard InChI is InChI=1S/C26H32Cl2N2O3/c1-17-9-10-18(2)24(13-17)33-16-25(31)30(15-20-11-12-22(27)23(28)14-20)19(3)26(32)29-21-7-5-4-6-8-21/h9-14,19,21H,4-8,15-16H2,1-3H3,(H,29,32). The summed E-state index contributed by atoms with van der Waals surface area (Å²) >= 11 is 12.2. The van der Waals surface area contributed by atoms with E-state index in [0.29, 0.717) is 15.8 Å². The van der Waals surface area contributed by atoms with Gasteiger partial charge in [0.1, 0.15) is 11.8 Å². The molecule has 0 aromatic heterocycles. The molecule has 33 heavy (non-hydrogen) atoms. The normalized spacial score (nSPS) is 15.1. The molecule has 1 aliphatic carbocycles. The van der Waals surface area contributed by atoms with Crippen LogP contribution in [0.5, 0.6) is 5.75 Å². The number of hydrogen-bond donors (Lipinski definition) is 1. The number of ether oxygens (including phenoxy) is 1. The fourth-order valence-electron chi connectivity index (χ4n) is 4.07. The van der Waals surface area contributed by atoms with Crippen LogP contribution in [0.1, 0.15) is 55.7 Å². The Hall–Kier alpha value is -2.24. The monoisotopic (exact) mass is 490 g/mol. The van der Waals surface area contributed by atoms with Gasteiger partial charge in [-0.05, 0) is 68.5 Å². The van der Waals surface area contributed by atoms with E-state index in [0.717, 1.165) is 42.4 Å². The van der Waals surface area contributed by atoms with Crippen molar-refractivity contribution in [1.29, 1.82) is 0 Å². The number of nitrogens with one attached hydrogen (secondary N) is 1. The summed E-state index contributed by atoms with van der Waals surface area (Å²) < 4.78 is 5.85. The van der Waals surface area contributed by atoms with Crippen LogP contribution in [0, 0.1) is 13.8 Å². The summed E-state index contributed by atoms with van der Waals surface area (Å²) in [5.74, 6) is 0.243. The smallest absolute Gasteiger partial charge is 0.261 e. The van der Waals surface area contributed by atoms with Crippen LogP contribution in [-0.4, -0.2) is 35.4 Å². The largest absolute Gasteiger partial charge is 0.483 e. The lowest BCUT2D eigenvalue weighted by atomic mass is 9.95. The summed E-state index contributed by atoms with van der Waals surface area (Å²) in [6.45, 7) is 5.73.